The molecule has 0 radical (unpaired) electrons. The van der Waals surface area contributed by atoms with Crippen molar-refractivity contribution < 1.29 is 9.90 Å². The van der Waals surface area contributed by atoms with Gasteiger partial charge in [0.05, 0.1) is 5.92 Å². The van der Waals surface area contributed by atoms with Crippen LogP contribution in [0.1, 0.15) is 34.1 Å². The highest BCUT2D eigenvalue weighted by Gasteiger charge is 2.52. The lowest BCUT2D eigenvalue weighted by Gasteiger charge is -2.18. The van der Waals surface area contributed by atoms with Crippen molar-refractivity contribution in [1.82, 2.24) is 0 Å². The van der Waals surface area contributed by atoms with Gasteiger partial charge >= 0.3 is 5.97 Å². The molecule has 2 aliphatic rings. The highest BCUT2D eigenvalue weighted by Crippen LogP contribution is 2.59. The van der Waals surface area contributed by atoms with E-state index in [9.17, 15) is 9.90 Å². The number of benzene rings is 2. The van der Waals surface area contributed by atoms with Gasteiger partial charge in [-0.25, -0.2) is 0 Å². The van der Waals surface area contributed by atoms with Crippen molar-refractivity contribution in [3.63, 3.8) is 0 Å². The number of hydrogen-bond acceptors (Lipinski definition) is 1. The molecule has 2 aromatic carbocycles. The summed E-state index contributed by atoms with van der Waals surface area (Å²) in [5.74, 6) is -0.919. The summed E-state index contributed by atoms with van der Waals surface area (Å²) in [5.41, 5.74) is 4.81. The standard InChI is InChI=1S/C16H12O2/c17-16(18)15-13-9-5-1-2-6-10(9)14(15)12-8-4-3-7-11(12)13/h1-8,13-15H,(H,17,18). The van der Waals surface area contributed by atoms with Gasteiger partial charge in [-0.2, -0.15) is 0 Å². The lowest BCUT2D eigenvalue weighted by molar-refractivity contribution is -0.141. The number of hydrogen-bond donors (Lipinski definition) is 1. The Kier molecular flexibility index (Phi) is 1.77. The van der Waals surface area contributed by atoms with E-state index in [0.29, 0.717) is 0 Å². The summed E-state index contributed by atoms with van der Waals surface area (Å²) in [7, 11) is 0. The molecular weight excluding hydrogens is 224 g/mol. The molecule has 0 fully saturated rings. The maximum Gasteiger partial charge on any atom is 0.308 e. The van der Waals surface area contributed by atoms with Crippen LogP contribution in [0, 0.1) is 5.92 Å². The molecule has 0 unspecified atom stereocenters. The van der Waals surface area contributed by atoms with E-state index >= 15 is 0 Å². The molecule has 4 rings (SSSR count). The Morgan fingerprint density at radius 2 is 1.11 bits per heavy atom. The van der Waals surface area contributed by atoms with Crippen molar-refractivity contribution in [3.8, 4) is 0 Å². The molecule has 2 aromatic rings. The minimum absolute atomic E-state index is 0.0416. The third-order valence-electron chi connectivity index (χ3n) is 4.34. The summed E-state index contributed by atoms with van der Waals surface area (Å²) < 4.78 is 0. The summed E-state index contributed by atoms with van der Waals surface area (Å²) in [6.45, 7) is 0. The van der Waals surface area contributed by atoms with Gasteiger partial charge in [-0.05, 0) is 22.3 Å². The minimum atomic E-state index is -0.683. The second-order valence-corrected chi connectivity index (χ2v) is 5.08. The fraction of sp³-hybridized carbons (Fsp3) is 0.188. The molecule has 0 amide bonds. The van der Waals surface area contributed by atoms with Crippen molar-refractivity contribution in [2.45, 2.75) is 11.8 Å². The van der Waals surface area contributed by atoms with Gasteiger partial charge in [0.15, 0.2) is 0 Å². The fourth-order valence-electron chi connectivity index (χ4n) is 3.74. The first-order valence-electron chi connectivity index (χ1n) is 6.19. The molecule has 2 nitrogen and oxygen atoms in total. The predicted octanol–water partition coefficient (Wildman–Crippen LogP) is 2.98. The first-order valence-corrected chi connectivity index (χ1v) is 6.19. The average molecular weight is 236 g/mol. The monoisotopic (exact) mass is 236 g/mol. The van der Waals surface area contributed by atoms with Gasteiger partial charge in [0.2, 0.25) is 0 Å². The molecule has 88 valence electrons. The van der Waals surface area contributed by atoms with E-state index in [2.05, 4.69) is 24.3 Å². The highest BCUT2D eigenvalue weighted by atomic mass is 16.4. The Labute approximate surface area is 105 Å². The third kappa shape index (κ3) is 1.01. The van der Waals surface area contributed by atoms with Crippen LogP contribution in [0.3, 0.4) is 0 Å². The Morgan fingerprint density at radius 1 is 0.778 bits per heavy atom. The number of fused-ring (bicyclic) bond motifs is 8. The van der Waals surface area contributed by atoms with Gasteiger partial charge in [-0.15, -0.1) is 0 Å². The van der Waals surface area contributed by atoms with Crippen LogP contribution in [0.5, 0.6) is 0 Å². The molecule has 0 aliphatic heterocycles. The molecule has 2 heteroatoms. The number of carboxylic acids is 1. The predicted molar refractivity (Wildman–Crippen MR) is 67.7 cm³/mol. The first-order chi connectivity index (χ1) is 8.79. The summed E-state index contributed by atoms with van der Waals surface area (Å²) in [5, 5.41) is 9.54. The van der Waals surface area contributed by atoms with Gasteiger partial charge < -0.3 is 5.11 Å². The first kappa shape index (κ1) is 9.89. The molecule has 0 atom stereocenters. The van der Waals surface area contributed by atoms with Crippen molar-refractivity contribution in [3.05, 3.63) is 70.8 Å². The van der Waals surface area contributed by atoms with E-state index < -0.39 is 5.97 Å². The largest absolute Gasteiger partial charge is 0.481 e. The smallest absolute Gasteiger partial charge is 0.308 e. The molecule has 0 saturated carbocycles. The summed E-state index contributed by atoms with van der Waals surface area (Å²) >= 11 is 0. The van der Waals surface area contributed by atoms with Crippen LogP contribution in [0.2, 0.25) is 0 Å². The molecule has 0 heterocycles. The molecule has 18 heavy (non-hydrogen) atoms. The van der Waals surface area contributed by atoms with Crippen LogP contribution in [0.4, 0.5) is 0 Å². The molecule has 0 aromatic heterocycles. The number of carbonyl (C=O) groups is 1. The zero-order chi connectivity index (χ0) is 12.3. The van der Waals surface area contributed by atoms with Crippen LogP contribution >= 0.6 is 0 Å². The Bertz CT molecular complexity index is 562. The second kappa shape index (κ2) is 3.22. The highest BCUT2D eigenvalue weighted by molar-refractivity contribution is 5.80. The fourth-order valence-corrected chi connectivity index (χ4v) is 3.74. The quantitative estimate of drug-likeness (QED) is 0.826. The Morgan fingerprint density at radius 3 is 1.39 bits per heavy atom. The number of rotatable bonds is 1. The summed E-state index contributed by atoms with van der Waals surface area (Å²) in [6, 6.07) is 16.3. The molecule has 0 spiro atoms. The van der Waals surface area contributed by atoms with Gasteiger partial charge in [0.25, 0.3) is 0 Å². The van der Waals surface area contributed by atoms with Crippen molar-refractivity contribution in [2.24, 2.45) is 5.92 Å². The average Bonchev–Trinajstić information content (AvgIpc) is 2.91. The Balaban J connectivity index is 2.02. The summed E-state index contributed by atoms with van der Waals surface area (Å²) in [4.78, 5) is 11.6. The molecular formula is C16H12O2. The minimum Gasteiger partial charge on any atom is -0.481 e. The van der Waals surface area contributed by atoms with E-state index in [1.165, 1.54) is 22.3 Å². The number of aliphatic carboxylic acids is 1. The van der Waals surface area contributed by atoms with Gasteiger partial charge in [0.1, 0.15) is 0 Å². The van der Waals surface area contributed by atoms with Crippen LogP contribution in [0.15, 0.2) is 48.5 Å². The van der Waals surface area contributed by atoms with Gasteiger partial charge in [0, 0.05) is 11.8 Å². The Hall–Kier alpha value is -2.09. The second-order valence-electron chi connectivity index (χ2n) is 5.08. The third-order valence-corrected chi connectivity index (χ3v) is 4.34. The van der Waals surface area contributed by atoms with Crippen molar-refractivity contribution in [1.29, 1.82) is 0 Å². The van der Waals surface area contributed by atoms with Gasteiger partial charge in [-0.1, -0.05) is 48.5 Å². The molecule has 2 bridgehead atoms. The van der Waals surface area contributed by atoms with Crippen molar-refractivity contribution in [2.75, 3.05) is 0 Å². The summed E-state index contributed by atoms with van der Waals surface area (Å²) in [6.07, 6.45) is 0. The lowest BCUT2D eigenvalue weighted by Crippen LogP contribution is -2.17. The van der Waals surface area contributed by atoms with E-state index in [-0.39, 0.29) is 17.8 Å². The van der Waals surface area contributed by atoms with Crippen LogP contribution in [0.25, 0.3) is 0 Å². The lowest BCUT2D eigenvalue weighted by atomic mass is 9.86. The van der Waals surface area contributed by atoms with E-state index in [1.54, 1.807) is 0 Å². The zero-order valence-corrected chi connectivity index (χ0v) is 9.71. The zero-order valence-electron chi connectivity index (χ0n) is 9.71. The van der Waals surface area contributed by atoms with E-state index in [1.807, 2.05) is 24.3 Å². The van der Waals surface area contributed by atoms with Crippen LogP contribution in [-0.2, 0) is 4.79 Å². The molecule has 1 N–H and O–H groups in total. The van der Waals surface area contributed by atoms with Gasteiger partial charge in [-0.3, -0.25) is 4.79 Å². The molecule has 2 aliphatic carbocycles. The maximum absolute atomic E-state index is 11.6. The normalized spacial score (nSPS) is 26.8. The van der Waals surface area contributed by atoms with E-state index in [0.717, 1.165) is 0 Å². The maximum atomic E-state index is 11.6. The topological polar surface area (TPSA) is 37.3 Å². The molecule has 0 saturated heterocycles. The number of carboxylic acid groups (broad SMARTS) is 1. The van der Waals surface area contributed by atoms with E-state index in [4.69, 9.17) is 0 Å². The van der Waals surface area contributed by atoms with Crippen LogP contribution in [-0.4, -0.2) is 11.1 Å². The van der Waals surface area contributed by atoms with Crippen molar-refractivity contribution >= 4 is 5.97 Å². The SMILES string of the molecule is O=C(O)C1C2c3ccccc3C1c1ccccc12. The van der Waals surface area contributed by atoms with Crippen LogP contribution < -0.4 is 0 Å².